The van der Waals surface area contributed by atoms with Crippen LogP contribution in [-0.4, -0.2) is 26.2 Å². The zero-order chi connectivity index (χ0) is 15.4. The smallest absolute Gasteiger partial charge is 0.289 e. The molecule has 114 valence electrons. The van der Waals surface area contributed by atoms with Crippen LogP contribution in [0.5, 0.6) is 5.75 Å². The highest BCUT2D eigenvalue weighted by molar-refractivity contribution is 5.91. The topological polar surface area (TPSA) is 56.8 Å². The number of fused-ring (bicyclic) bond motifs is 1. The molecule has 0 atom stereocenters. The Bertz CT molecular complexity index is 724. The number of nitrogens with one attached hydrogen (secondary N) is 1. The Labute approximate surface area is 128 Å². The summed E-state index contributed by atoms with van der Waals surface area (Å²) in [5, 5.41) is 5.02. The first-order valence-electron chi connectivity index (χ1n) is 7.06. The SMILES string of the molecule is COc1ccc2cc(CNC(=O)C3=COCCO3)ccc2c1. The lowest BCUT2D eigenvalue weighted by atomic mass is 10.1. The van der Waals surface area contributed by atoms with E-state index in [2.05, 4.69) is 5.32 Å². The van der Waals surface area contributed by atoms with Crippen LogP contribution in [0.3, 0.4) is 0 Å². The summed E-state index contributed by atoms with van der Waals surface area (Å²) >= 11 is 0. The van der Waals surface area contributed by atoms with Crippen LogP contribution in [0.15, 0.2) is 48.4 Å². The number of carbonyl (C=O) groups is 1. The van der Waals surface area contributed by atoms with E-state index in [0.717, 1.165) is 22.1 Å². The minimum atomic E-state index is -0.269. The van der Waals surface area contributed by atoms with Crippen LogP contribution in [0.2, 0.25) is 0 Å². The molecule has 0 aliphatic carbocycles. The first kappa shape index (κ1) is 14.3. The first-order valence-corrected chi connectivity index (χ1v) is 7.06. The van der Waals surface area contributed by atoms with Gasteiger partial charge in [-0.15, -0.1) is 0 Å². The number of rotatable bonds is 4. The van der Waals surface area contributed by atoms with Crippen molar-refractivity contribution in [2.24, 2.45) is 0 Å². The van der Waals surface area contributed by atoms with Gasteiger partial charge in [0.25, 0.3) is 5.91 Å². The fraction of sp³-hybridized carbons (Fsp3) is 0.235. The molecule has 0 spiro atoms. The molecule has 0 unspecified atom stereocenters. The molecule has 3 rings (SSSR count). The van der Waals surface area contributed by atoms with Gasteiger partial charge in [0.05, 0.1) is 7.11 Å². The van der Waals surface area contributed by atoms with E-state index in [1.165, 1.54) is 6.26 Å². The highest BCUT2D eigenvalue weighted by Gasteiger charge is 2.14. The number of ether oxygens (including phenoxy) is 3. The number of hydrogen-bond donors (Lipinski definition) is 1. The van der Waals surface area contributed by atoms with Gasteiger partial charge in [-0.25, -0.2) is 0 Å². The average Bonchev–Trinajstić information content (AvgIpc) is 2.59. The van der Waals surface area contributed by atoms with Crippen molar-refractivity contribution in [2.45, 2.75) is 6.54 Å². The molecule has 0 aromatic heterocycles. The van der Waals surface area contributed by atoms with Crippen LogP contribution in [0.1, 0.15) is 5.56 Å². The molecular formula is C17H17NO4. The molecule has 1 aliphatic rings. The van der Waals surface area contributed by atoms with Gasteiger partial charge in [-0.2, -0.15) is 0 Å². The van der Waals surface area contributed by atoms with Gasteiger partial charge in [-0.3, -0.25) is 4.79 Å². The van der Waals surface area contributed by atoms with Crippen molar-refractivity contribution in [3.8, 4) is 5.75 Å². The first-order chi connectivity index (χ1) is 10.8. The van der Waals surface area contributed by atoms with E-state index in [0.29, 0.717) is 19.8 Å². The molecule has 0 bridgehead atoms. The Balaban J connectivity index is 1.68. The summed E-state index contributed by atoms with van der Waals surface area (Å²) < 4.78 is 15.5. The van der Waals surface area contributed by atoms with E-state index < -0.39 is 0 Å². The Morgan fingerprint density at radius 1 is 1.18 bits per heavy atom. The molecule has 1 aliphatic heterocycles. The van der Waals surface area contributed by atoms with Gasteiger partial charge in [-0.05, 0) is 34.5 Å². The molecule has 2 aromatic carbocycles. The van der Waals surface area contributed by atoms with Crippen molar-refractivity contribution in [1.29, 1.82) is 0 Å². The van der Waals surface area contributed by atoms with Crippen molar-refractivity contribution in [1.82, 2.24) is 5.32 Å². The van der Waals surface area contributed by atoms with E-state index in [9.17, 15) is 4.79 Å². The molecule has 0 radical (unpaired) electrons. The summed E-state index contributed by atoms with van der Waals surface area (Å²) in [5.41, 5.74) is 1.02. The highest BCUT2D eigenvalue weighted by Crippen LogP contribution is 2.21. The van der Waals surface area contributed by atoms with E-state index in [1.54, 1.807) is 7.11 Å². The second-order valence-electron chi connectivity index (χ2n) is 4.93. The maximum absolute atomic E-state index is 11.9. The summed E-state index contributed by atoms with van der Waals surface area (Å²) in [6.45, 7) is 1.31. The molecule has 0 fully saturated rings. The Morgan fingerprint density at radius 2 is 2.00 bits per heavy atom. The molecule has 1 heterocycles. The maximum Gasteiger partial charge on any atom is 0.289 e. The van der Waals surface area contributed by atoms with Crippen LogP contribution < -0.4 is 10.1 Å². The largest absolute Gasteiger partial charge is 0.497 e. The fourth-order valence-corrected chi connectivity index (χ4v) is 2.27. The van der Waals surface area contributed by atoms with Crippen LogP contribution in [0.25, 0.3) is 10.8 Å². The van der Waals surface area contributed by atoms with E-state index in [-0.39, 0.29) is 11.7 Å². The standard InChI is InChI=1S/C17H17NO4/c1-20-15-5-4-13-8-12(2-3-14(13)9-15)10-18-17(19)16-11-21-6-7-22-16/h2-5,8-9,11H,6-7,10H2,1H3,(H,18,19). The van der Waals surface area contributed by atoms with Gasteiger partial charge in [0.2, 0.25) is 5.76 Å². The van der Waals surface area contributed by atoms with Gasteiger partial charge in [0.15, 0.2) is 0 Å². The van der Waals surface area contributed by atoms with Crippen molar-refractivity contribution >= 4 is 16.7 Å². The van der Waals surface area contributed by atoms with Crippen molar-refractivity contribution in [3.05, 3.63) is 54.0 Å². The minimum Gasteiger partial charge on any atom is -0.497 e. The van der Waals surface area contributed by atoms with Crippen molar-refractivity contribution < 1.29 is 19.0 Å². The normalized spacial score (nSPS) is 13.8. The molecule has 0 saturated heterocycles. The monoisotopic (exact) mass is 299 g/mol. The van der Waals surface area contributed by atoms with Crippen LogP contribution in [0, 0.1) is 0 Å². The van der Waals surface area contributed by atoms with Crippen LogP contribution >= 0.6 is 0 Å². The second kappa shape index (κ2) is 6.39. The lowest BCUT2D eigenvalue weighted by molar-refractivity contribution is -0.122. The molecule has 5 nitrogen and oxygen atoms in total. The minimum absolute atomic E-state index is 0.219. The average molecular weight is 299 g/mol. The maximum atomic E-state index is 11.9. The summed E-state index contributed by atoms with van der Waals surface area (Å²) in [6.07, 6.45) is 1.35. The summed E-state index contributed by atoms with van der Waals surface area (Å²) in [4.78, 5) is 11.9. The van der Waals surface area contributed by atoms with E-state index in [4.69, 9.17) is 14.2 Å². The second-order valence-corrected chi connectivity index (χ2v) is 4.93. The Kier molecular flexibility index (Phi) is 4.14. The third-order valence-electron chi connectivity index (χ3n) is 3.44. The van der Waals surface area contributed by atoms with Crippen molar-refractivity contribution in [3.63, 3.8) is 0 Å². The highest BCUT2D eigenvalue weighted by atomic mass is 16.6. The van der Waals surface area contributed by atoms with Gasteiger partial charge >= 0.3 is 0 Å². The lowest BCUT2D eigenvalue weighted by Crippen LogP contribution is -2.27. The summed E-state index contributed by atoms with van der Waals surface area (Å²) in [5.74, 6) is 0.779. The van der Waals surface area contributed by atoms with Gasteiger partial charge in [0, 0.05) is 6.54 Å². The zero-order valence-electron chi connectivity index (χ0n) is 12.3. The van der Waals surface area contributed by atoms with Gasteiger partial charge in [-0.1, -0.05) is 18.2 Å². The van der Waals surface area contributed by atoms with Gasteiger partial charge < -0.3 is 19.5 Å². The lowest BCUT2D eigenvalue weighted by Gasteiger charge is -2.15. The molecule has 2 aromatic rings. The summed E-state index contributed by atoms with van der Waals surface area (Å²) in [6, 6.07) is 11.9. The Hall–Kier alpha value is -2.69. The quantitative estimate of drug-likeness (QED) is 0.941. The number of amides is 1. The fourth-order valence-electron chi connectivity index (χ4n) is 2.27. The predicted molar refractivity (Wildman–Crippen MR) is 82.3 cm³/mol. The predicted octanol–water partition coefficient (Wildman–Crippen LogP) is 2.35. The molecule has 22 heavy (non-hydrogen) atoms. The number of methoxy groups -OCH3 is 1. The molecule has 0 saturated carbocycles. The van der Waals surface area contributed by atoms with E-state index >= 15 is 0 Å². The molecular weight excluding hydrogens is 282 g/mol. The van der Waals surface area contributed by atoms with Crippen LogP contribution in [0.4, 0.5) is 0 Å². The number of hydrogen-bond acceptors (Lipinski definition) is 4. The zero-order valence-corrected chi connectivity index (χ0v) is 12.3. The van der Waals surface area contributed by atoms with Crippen LogP contribution in [-0.2, 0) is 20.8 Å². The molecule has 1 amide bonds. The third kappa shape index (κ3) is 3.14. The number of carbonyl (C=O) groups excluding carboxylic acids is 1. The molecule has 5 heteroatoms. The molecule has 1 N–H and O–H groups in total. The third-order valence-corrected chi connectivity index (χ3v) is 3.44. The summed E-state index contributed by atoms with van der Waals surface area (Å²) in [7, 11) is 1.65. The van der Waals surface area contributed by atoms with Gasteiger partial charge in [0.1, 0.15) is 25.2 Å². The van der Waals surface area contributed by atoms with Crippen molar-refractivity contribution in [2.75, 3.05) is 20.3 Å². The van der Waals surface area contributed by atoms with E-state index in [1.807, 2.05) is 36.4 Å². The number of benzene rings is 2. The Morgan fingerprint density at radius 3 is 2.77 bits per heavy atom.